The number of carbonyl (C=O) groups excluding carboxylic acids is 1. The standard InChI is InChI=1S/C24H30N2O4S/c1-5-16-26(17-6-2)31(28,29)21-14-12-20(13-15-21)25-24(27)18-30-23-11-9-8-10-22(23)19(4)7-3/h5-6,8-15,19H,1-2,7,16-18H2,3-4H3,(H,25,27)/t19-/m0/s1. The Morgan fingerprint density at radius 2 is 1.71 bits per heavy atom. The number of ether oxygens (including phenoxy) is 1. The van der Waals surface area contributed by atoms with Gasteiger partial charge in [0.15, 0.2) is 6.61 Å². The van der Waals surface area contributed by atoms with Crippen molar-refractivity contribution in [3.63, 3.8) is 0 Å². The van der Waals surface area contributed by atoms with Crippen molar-refractivity contribution in [3.8, 4) is 5.75 Å². The lowest BCUT2D eigenvalue weighted by Crippen LogP contribution is -2.31. The largest absolute Gasteiger partial charge is 0.483 e. The second kappa shape index (κ2) is 11.5. The van der Waals surface area contributed by atoms with Crippen LogP contribution in [0.25, 0.3) is 0 Å². The van der Waals surface area contributed by atoms with Gasteiger partial charge in [0.25, 0.3) is 5.91 Å². The van der Waals surface area contributed by atoms with Crippen LogP contribution in [0.4, 0.5) is 5.69 Å². The fraction of sp³-hybridized carbons (Fsp3) is 0.292. The van der Waals surface area contributed by atoms with Gasteiger partial charge in [0, 0.05) is 18.8 Å². The summed E-state index contributed by atoms with van der Waals surface area (Å²) in [5, 5.41) is 2.73. The Kier molecular flexibility index (Phi) is 9.03. The van der Waals surface area contributed by atoms with Gasteiger partial charge in [-0.25, -0.2) is 8.42 Å². The maximum atomic E-state index is 12.7. The van der Waals surface area contributed by atoms with E-state index < -0.39 is 10.0 Å². The monoisotopic (exact) mass is 442 g/mol. The van der Waals surface area contributed by atoms with Gasteiger partial charge < -0.3 is 10.1 Å². The summed E-state index contributed by atoms with van der Waals surface area (Å²) in [5.74, 6) is 0.697. The second-order valence-electron chi connectivity index (χ2n) is 7.11. The molecule has 0 fully saturated rings. The molecule has 1 N–H and O–H groups in total. The van der Waals surface area contributed by atoms with Gasteiger partial charge in [0.05, 0.1) is 4.90 Å². The first-order valence-corrected chi connectivity index (χ1v) is 11.6. The highest BCUT2D eigenvalue weighted by molar-refractivity contribution is 7.89. The van der Waals surface area contributed by atoms with Crippen molar-refractivity contribution in [3.05, 3.63) is 79.4 Å². The van der Waals surface area contributed by atoms with E-state index in [2.05, 4.69) is 32.3 Å². The molecule has 0 aliphatic carbocycles. The molecule has 0 aromatic heterocycles. The van der Waals surface area contributed by atoms with Crippen molar-refractivity contribution in [2.75, 3.05) is 25.0 Å². The van der Waals surface area contributed by atoms with Gasteiger partial charge in [-0.05, 0) is 48.2 Å². The number of para-hydroxylation sites is 1. The Morgan fingerprint density at radius 1 is 1.10 bits per heavy atom. The molecule has 0 saturated carbocycles. The molecule has 1 atom stereocenters. The average Bonchev–Trinajstić information content (AvgIpc) is 2.77. The highest BCUT2D eigenvalue weighted by atomic mass is 32.2. The molecule has 0 unspecified atom stereocenters. The second-order valence-corrected chi connectivity index (χ2v) is 9.05. The Bertz CT molecular complexity index is 990. The highest BCUT2D eigenvalue weighted by Gasteiger charge is 2.22. The number of anilines is 1. The molecule has 2 aromatic carbocycles. The van der Waals surface area contributed by atoms with Crippen LogP contribution in [0.3, 0.4) is 0 Å². The van der Waals surface area contributed by atoms with Crippen LogP contribution in [0, 0.1) is 0 Å². The van der Waals surface area contributed by atoms with Crippen LogP contribution in [0.1, 0.15) is 31.7 Å². The number of nitrogens with zero attached hydrogens (tertiary/aromatic N) is 1. The lowest BCUT2D eigenvalue weighted by molar-refractivity contribution is -0.118. The fourth-order valence-electron chi connectivity index (χ4n) is 3.00. The highest BCUT2D eigenvalue weighted by Crippen LogP contribution is 2.28. The topological polar surface area (TPSA) is 75.7 Å². The summed E-state index contributed by atoms with van der Waals surface area (Å²) < 4.78 is 32.5. The molecule has 0 radical (unpaired) electrons. The number of amides is 1. The van der Waals surface area contributed by atoms with Crippen molar-refractivity contribution in [2.45, 2.75) is 31.1 Å². The summed E-state index contributed by atoms with van der Waals surface area (Å²) in [7, 11) is -3.68. The molecule has 0 bridgehead atoms. The van der Waals surface area contributed by atoms with Gasteiger partial charge in [-0.3, -0.25) is 4.79 Å². The maximum absolute atomic E-state index is 12.7. The first kappa shape index (κ1) is 24.4. The molecule has 7 heteroatoms. The molecule has 0 aliphatic heterocycles. The van der Waals surface area contributed by atoms with Crippen molar-refractivity contribution in [1.29, 1.82) is 0 Å². The molecule has 2 aromatic rings. The van der Waals surface area contributed by atoms with Crippen LogP contribution >= 0.6 is 0 Å². The van der Waals surface area contributed by atoms with Crippen LogP contribution < -0.4 is 10.1 Å². The summed E-state index contributed by atoms with van der Waals surface area (Å²) in [4.78, 5) is 12.4. The predicted octanol–water partition coefficient (Wildman–Crippen LogP) is 4.58. The van der Waals surface area contributed by atoms with Gasteiger partial charge in [-0.1, -0.05) is 44.2 Å². The number of rotatable bonds is 12. The molecule has 0 aliphatic rings. The minimum absolute atomic E-state index is 0.132. The third-order valence-electron chi connectivity index (χ3n) is 4.86. The molecular weight excluding hydrogens is 412 g/mol. The number of benzene rings is 2. The Hall–Kier alpha value is -2.90. The van der Waals surface area contributed by atoms with Gasteiger partial charge in [0.1, 0.15) is 5.75 Å². The smallest absolute Gasteiger partial charge is 0.262 e. The molecule has 1 amide bonds. The number of nitrogens with one attached hydrogen (secondary N) is 1. The molecule has 166 valence electrons. The van der Waals surface area contributed by atoms with Crippen LogP contribution in [-0.2, 0) is 14.8 Å². The van der Waals surface area contributed by atoms with E-state index in [0.717, 1.165) is 12.0 Å². The summed E-state index contributed by atoms with van der Waals surface area (Å²) in [6.45, 7) is 11.6. The Balaban J connectivity index is 2.03. The first-order chi connectivity index (χ1) is 14.8. The third kappa shape index (κ3) is 6.54. The number of hydrogen-bond acceptors (Lipinski definition) is 4. The maximum Gasteiger partial charge on any atom is 0.262 e. The fourth-order valence-corrected chi connectivity index (χ4v) is 4.38. The predicted molar refractivity (Wildman–Crippen MR) is 125 cm³/mol. The Morgan fingerprint density at radius 3 is 2.29 bits per heavy atom. The van der Waals surface area contributed by atoms with E-state index in [4.69, 9.17) is 4.74 Å². The van der Waals surface area contributed by atoms with Gasteiger partial charge in [-0.2, -0.15) is 4.31 Å². The number of hydrogen-bond donors (Lipinski definition) is 1. The van der Waals surface area contributed by atoms with Crippen LogP contribution in [-0.4, -0.2) is 38.3 Å². The van der Waals surface area contributed by atoms with Crippen LogP contribution in [0.2, 0.25) is 0 Å². The van der Waals surface area contributed by atoms with E-state index in [1.807, 2.05) is 24.3 Å². The van der Waals surface area contributed by atoms with E-state index in [1.165, 1.54) is 28.6 Å². The number of sulfonamides is 1. The van der Waals surface area contributed by atoms with Crippen LogP contribution in [0.15, 0.2) is 78.7 Å². The third-order valence-corrected chi connectivity index (χ3v) is 6.71. The summed E-state index contributed by atoms with van der Waals surface area (Å²) >= 11 is 0. The summed E-state index contributed by atoms with van der Waals surface area (Å²) in [5.41, 5.74) is 1.55. The normalized spacial score (nSPS) is 12.2. The molecule has 0 heterocycles. The number of carbonyl (C=O) groups is 1. The van der Waals surface area contributed by atoms with Crippen molar-refractivity contribution < 1.29 is 17.9 Å². The van der Waals surface area contributed by atoms with Crippen molar-refractivity contribution in [2.24, 2.45) is 0 Å². The zero-order valence-corrected chi connectivity index (χ0v) is 18.9. The van der Waals surface area contributed by atoms with E-state index in [0.29, 0.717) is 17.4 Å². The molecule has 31 heavy (non-hydrogen) atoms. The lowest BCUT2D eigenvalue weighted by atomic mass is 9.98. The first-order valence-electron chi connectivity index (χ1n) is 10.2. The van der Waals surface area contributed by atoms with Gasteiger partial charge in [-0.15, -0.1) is 13.2 Å². The van der Waals surface area contributed by atoms with Gasteiger partial charge >= 0.3 is 0 Å². The van der Waals surface area contributed by atoms with E-state index in [-0.39, 0.29) is 30.5 Å². The minimum Gasteiger partial charge on any atom is -0.483 e. The van der Waals surface area contributed by atoms with Gasteiger partial charge in [0.2, 0.25) is 10.0 Å². The molecule has 6 nitrogen and oxygen atoms in total. The zero-order valence-electron chi connectivity index (χ0n) is 18.1. The molecule has 2 rings (SSSR count). The van der Waals surface area contributed by atoms with Crippen LogP contribution in [0.5, 0.6) is 5.75 Å². The van der Waals surface area contributed by atoms with E-state index in [9.17, 15) is 13.2 Å². The molecule has 0 spiro atoms. The summed E-state index contributed by atoms with van der Waals surface area (Å²) in [6, 6.07) is 13.7. The summed E-state index contributed by atoms with van der Waals surface area (Å²) in [6.07, 6.45) is 4.02. The SMILES string of the molecule is C=CCN(CC=C)S(=O)(=O)c1ccc(NC(=O)COc2ccccc2[C@@H](C)CC)cc1. The van der Waals surface area contributed by atoms with Crippen molar-refractivity contribution in [1.82, 2.24) is 4.31 Å². The molecule has 0 saturated heterocycles. The average molecular weight is 443 g/mol. The zero-order chi connectivity index (χ0) is 22.9. The minimum atomic E-state index is -3.68. The molecular formula is C24H30N2O4S. The Labute approximate surface area is 185 Å². The van der Waals surface area contributed by atoms with E-state index in [1.54, 1.807) is 12.1 Å². The quantitative estimate of drug-likeness (QED) is 0.488. The van der Waals surface area contributed by atoms with Crippen molar-refractivity contribution >= 4 is 21.6 Å². The van der Waals surface area contributed by atoms with E-state index >= 15 is 0 Å². The lowest BCUT2D eigenvalue weighted by Gasteiger charge is -2.19.